The van der Waals surface area contributed by atoms with E-state index in [0.717, 1.165) is 11.1 Å². The molecule has 0 spiro atoms. The van der Waals surface area contributed by atoms with Crippen LogP contribution in [0.1, 0.15) is 18.1 Å². The largest absolute Gasteiger partial charge is 0.495 e. The maximum absolute atomic E-state index is 12.9. The number of rotatable bonds is 5. The van der Waals surface area contributed by atoms with Crippen LogP contribution in [0.5, 0.6) is 5.75 Å². The predicted molar refractivity (Wildman–Crippen MR) is 106 cm³/mol. The van der Waals surface area contributed by atoms with Crippen molar-refractivity contribution in [2.75, 3.05) is 18.2 Å². The van der Waals surface area contributed by atoms with Gasteiger partial charge in [0.25, 0.3) is 0 Å². The van der Waals surface area contributed by atoms with E-state index in [1.165, 1.54) is 11.4 Å². The highest BCUT2D eigenvalue weighted by atomic mass is 35.5. The number of sulfonamides is 1. The van der Waals surface area contributed by atoms with Crippen LogP contribution in [0.2, 0.25) is 5.02 Å². The summed E-state index contributed by atoms with van der Waals surface area (Å²) in [6, 6.07) is 11.7. The minimum atomic E-state index is -3.54. The second-order valence-electron chi connectivity index (χ2n) is 6.27. The van der Waals surface area contributed by atoms with E-state index in [9.17, 15) is 13.2 Å². The summed E-state index contributed by atoms with van der Waals surface area (Å²) in [6.45, 7) is 1.77. The summed E-state index contributed by atoms with van der Waals surface area (Å²) in [6.07, 6.45) is 0.325. The van der Waals surface area contributed by atoms with E-state index < -0.39 is 16.1 Å². The lowest BCUT2D eigenvalue weighted by molar-refractivity contribution is -0.120. The van der Waals surface area contributed by atoms with E-state index in [0.29, 0.717) is 22.9 Å². The Bertz CT molecular complexity index is 962. The fourth-order valence-electron chi connectivity index (χ4n) is 3.15. The highest BCUT2D eigenvalue weighted by Crippen LogP contribution is 2.29. The van der Waals surface area contributed by atoms with Gasteiger partial charge in [0.1, 0.15) is 11.8 Å². The van der Waals surface area contributed by atoms with Crippen molar-refractivity contribution < 1.29 is 17.9 Å². The molecule has 0 unspecified atom stereocenters. The first kappa shape index (κ1) is 19.7. The summed E-state index contributed by atoms with van der Waals surface area (Å²) in [5, 5.41) is 3.14. The average Bonchev–Trinajstić information content (AvgIpc) is 2.67. The Morgan fingerprint density at radius 3 is 2.59 bits per heavy atom. The molecule has 1 atom stereocenters. The molecule has 0 bridgehead atoms. The second kappa shape index (κ2) is 7.88. The van der Waals surface area contributed by atoms with Gasteiger partial charge in [0.2, 0.25) is 15.9 Å². The van der Waals surface area contributed by atoms with Crippen molar-refractivity contribution in [3.05, 3.63) is 58.6 Å². The van der Waals surface area contributed by atoms with Crippen LogP contribution in [0.15, 0.2) is 42.5 Å². The van der Waals surface area contributed by atoms with Crippen molar-refractivity contribution in [2.45, 2.75) is 25.9 Å². The Labute approximate surface area is 164 Å². The Kier molecular flexibility index (Phi) is 5.74. The molecule has 0 saturated heterocycles. The molecule has 2 aromatic rings. The normalized spacial score (nSPS) is 17.2. The van der Waals surface area contributed by atoms with Crippen molar-refractivity contribution in [3.8, 4) is 5.75 Å². The van der Waals surface area contributed by atoms with Gasteiger partial charge in [-0.2, -0.15) is 4.31 Å². The third kappa shape index (κ3) is 4.10. The molecule has 27 heavy (non-hydrogen) atoms. The molecule has 0 aromatic heterocycles. The van der Waals surface area contributed by atoms with Crippen molar-refractivity contribution in [3.63, 3.8) is 0 Å². The molecule has 8 heteroatoms. The molecule has 2 aromatic carbocycles. The molecule has 0 saturated carbocycles. The minimum Gasteiger partial charge on any atom is -0.495 e. The molecule has 1 amide bonds. The molecule has 0 aliphatic carbocycles. The monoisotopic (exact) mass is 408 g/mol. The van der Waals surface area contributed by atoms with Crippen molar-refractivity contribution in [2.24, 2.45) is 0 Å². The third-order valence-electron chi connectivity index (χ3n) is 4.65. The fourth-order valence-corrected chi connectivity index (χ4v) is 4.63. The maximum atomic E-state index is 12.9. The highest BCUT2D eigenvalue weighted by molar-refractivity contribution is 7.89. The molecule has 0 fully saturated rings. The summed E-state index contributed by atoms with van der Waals surface area (Å²) in [5.41, 5.74) is 2.39. The highest BCUT2D eigenvalue weighted by Gasteiger charge is 2.37. The fraction of sp³-hybridized carbons (Fsp3) is 0.316. The molecule has 1 N–H and O–H groups in total. The van der Waals surface area contributed by atoms with Crippen LogP contribution in [-0.4, -0.2) is 37.5 Å². The number of methoxy groups -OCH3 is 1. The molecular formula is C19H21ClN2O4S. The average molecular weight is 409 g/mol. The van der Waals surface area contributed by atoms with Crippen molar-refractivity contribution in [1.82, 2.24) is 4.31 Å². The van der Waals surface area contributed by atoms with Gasteiger partial charge in [-0.25, -0.2) is 8.42 Å². The van der Waals surface area contributed by atoms with Crippen LogP contribution in [0.3, 0.4) is 0 Å². The third-order valence-corrected chi connectivity index (χ3v) is 6.77. The van der Waals surface area contributed by atoms with Gasteiger partial charge >= 0.3 is 0 Å². The number of amides is 1. The van der Waals surface area contributed by atoms with Crippen molar-refractivity contribution >= 4 is 33.2 Å². The van der Waals surface area contributed by atoms with Crippen LogP contribution < -0.4 is 10.1 Å². The summed E-state index contributed by atoms with van der Waals surface area (Å²) in [7, 11) is -2.04. The zero-order chi connectivity index (χ0) is 19.6. The Morgan fingerprint density at radius 2 is 1.96 bits per heavy atom. The van der Waals surface area contributed by atoms with Crippen LogP contribution in [-0.2, 0) is 27.8 Å². The molecule has 1 aliphatic heterocycles. The molecule has 1 aliphatic rings. The Balaban J connectivity index is 1.89. The van der Waals surface area contributed by atoms with Crippen LogP contribution in [0, 0.1) is 0 Å². The minimum absolute atomic E-state index is 0.0622. The maximum Gasteiger partial charge on any atom is 0.243 e. The number of halogens is 1. The first-order valence-electron chi connectivity index (χ1n) is 8.56. The number of carbonyl (C=O) groups is 1. The van der Waals surface area contributed by atoms with Gasteiger partial charge in [0, 0.05) is 12.2 Å². The van der Waals surface area contributed by atoms with E-state index in [1.54, 1.807) is 25.1 Å². The summed E-state index contributed by atoms with van der Waals surface area (Å²) in [5.74, 6) is 0.0482. The lowest BCUT2D eigenvalue weighted by atomic mass is 9.95. The molecule has 3 rings (SSSR count). The Morgan fingerprint density at radius 1 is 1.26 bits per heavy atom. The van der Waals surface area contributed by atoms with Gasteiger partial charge in [-0.1, -0.05) is 35.9 Å². The molecule has 0 radical (unpaired) electrons. The zero-order valence-corrected chi connectivity index (χ0v) is 16.7. The Hall–Kier alpha value is -2.09. The van der Waals surface area contributed by atoms with Gasteiger partial charge < -0.3 is 10.1 Å². The summed E-state index contributed by atoms with van der Waals surface area (Å²) in [4.78, 5) is 12.9. The van der Waals surface area contributed by atoms with Crippen LogP contribution >= 0.6 is 11.6 Å². The predicted octanol–water partition coefficient (Wildman–Crippen LogP) is 3.06. The van der Waals surface area contributed by atoms with E-state index in [-0.39, 0.29) is 18.2 Å². The molecule has 1 heterocycles. The lowest BCUT2D eigenvalue weighted by Gasteiger charge is -2.34. The molecular weight excluding hydrogens is 388 g/mol. The van der Waals surface area contributed by atoms with E-state index in [2.05, 4.69) is 5.32 Å². The number of benzene rings is 2. The first-order chi connectivity index (χ1) is 12.9. The van der Waals surface area contributed by atoms with Gasteiger partial charge in [-0.05, 0) is 42.7 Å². The van der Waals surface area contributed by atoms with Crippen LogP contribution in [0.25, 0.3) is 0 Å². The van der Waals surface area contributed by atoms with Crippen LogP contribution in [0.4, 0.5) is 5.69 Å². The first-order valence-corrected chi connectivity index (χ1v) is 10.5. The van der Waals surface area contributed by atoms with E-state index in [1.807, 2.05) is 24.3 Å². The number of hydrogen-bond acceptors (Lipinski definition) is 4. The number of fused-ring (bicyclic) bond motifs is 1. The number of carbonyl (C=O) groups excluding carboxylic acids is 1. The van der Waals surface area contributed by atoms with Gasteiger partial charge in [0.15, 0.2) is 0 Å². The topological polar surface area (TPSA) is 75.7 Å². The lowest BCUT2D eigenvalue weighted by Crippen LogP contribution is -2.51. The number of ether oxygens (including phenoxy) is 1. The van der Waals surface area contributed by atoms with Gasteiger partial charge in [-0.3, -0.25) is 4.79 Å². The number of hydrogen-bond donors (Lipinski definition) is 1. The number of nitrogens with zero attached hydrogens (tertiary/aromatic N) is 1. The summed E-state index contributed by atoms with van der Waals surface area (Å²) < 4.78 is 31.5. The standard InChI is InChI=1S/C19H21ClN2O4S/c1-3-27(24,25)22-12-14-7-5-4-6-13(14)10-17(22)19(23)21-15-8-9-18(26-2)16(20)11-15/h4-9,11,17H,3,10,12H2,1-2H3,(H,21,23)/t17-/m1/s1. The quantitative estimate of drug-likeness (QED) is 0.824. The molecule has 144 valence electrons. The number of nitrogens with one attached hydrogen (secondary N) is 1. The number of anilines is 1. The van der Waals surface area contributed by atoms with Gasteiger partial charge in [-0.15, -0.1) is 0 Å². The SMILES string of the molecule is CCS(=O)(=O)N1Cc2ccccc2C[C@@H]1C(=O)Nc1ccc(OC)c(Cl)c1. The summed E-state index contributed by atoms with van der Waals surface area (Å²) >= 11 is 6.11. The molecule has 6 nitrogen and oxygen atoms in total. The van der Waals surface area contributed by atoms with Crippen molar-refractivity contribution in [1.29, 1.82) is 0 Å². The second-order valence-corrected chi connectivity index (χ2v) is 8.89. The van der Waals surface area contributed by atoms with Gasteiger partial charge in [0.05, 0.1) is 17.9 Å². The zero-order valence-electron chi connectivity index (χ0n) is 15.1. The van der Waals surface area contributed by atoms with E-state index in [4.69, 9.17) is 16.3 Å². The van der Waals surface area contributed by atoms with E-state index >= 15 is 0 Å². The smallest absolute Gasteiger partial charge is 0.243 e.